The molecular formula is C20H33FN4O2. The van der Waals surface area contributed by atoms with E-state index in [1.807, 2.05) is 0 Å². The number of nitrogens with one attached hydrogen (secondary N) is 2. The van der Waals surface area contributed by atoms with Crippen molar-refractivity contribution in [3.8, 4) is 5.75 Å². The molecular weight excluding hydrogens is 347 g/mol. The average Bonchev–Trinajstić information content (AvgIpc) is 2.70. The number of guanidine groups is 1. The van der Waals surface area contributed by atoms with Gasteiger partial charge in [0, 0.05) is 39.3 Å². The van der Waals surface area contributed by atoms with Crippen LogP contribution in [0.2, 0.25) is 0 Å². The van der Waals surface area contributed by atoms with Crippen LogP contribution >= 0.6 is 0 Å². The van der Waals surface area contributed by atoms with Gasteiger partial charge in [0.25, 0.3) is 0 Å². The highest BCUT2D eigenvalue weighted by atomic mass is 19.1. The summed E-state index contributed by atoms with van der Waals surface area (Å²) in [6.45, 7) is 10.0. The fourth-order valence-corrected chi connectivity index (χ4v) is 2.81. The van der Waals surface area contributed by atoms with E-state index < -0.39 is 0 Å². The van der Waals surface area contributed by atoms with Crippen molar-refractivity contribution in [1.82, 2.24) is 15.5 Å². The largest absolute Gasteiger partial charge is 0.494 e. The number of hydrogen-bond donors (Lipinski definition) is 2. The lowest BCUT2D eigenvalue weighted by molar-refractivity contribution is 0.0377. The van der Waals surface area contributed by atoms with Crippen LogP contribution < -0.4 is 15.4 Å². The quantitative estimate of drug-likeness (QED) is 0.350. The van der Waals surface area contributed by atoms with Gasteiger partial charge in [0.05, 0.1) is 19.8 Å². The third-order valence-electron chi connectivity index (χ3n) is 4.30. The first kappa shape index (κ1) is 21.4. The van der Waals surface area contributed by atoms with Gasteiger partial charge in [0.1, 0.15) is 11.6 Å². The Balaban J connectivity index is 1.54. The Morgan fingerprint density at radius 2 is 1.93 bits per heavy atom. The highest BCUT2D eigenvalue weighted by Gasteiger charge is 2.09. The summed E-state index contributed by atoms with van der Waals surface area (Å²) < 4.78 is 23.8. The summed E-state index contributed by atoms with van der Waals surface area (Å²) >= 11 is 0. The summed E-state index contributed by atoms with van der Waals surface area (Å²) in [6, 6.07) is 6.13. The van der Waals surface area contributed by atoms with Crippen LogP contribution in [0.25, 0.3) is 0 Å². The SMILES string of the molecule is CCNC(=NCCCN1CCOCC1)NCCCCOc1ccc(F)cc1. The van der Waals surface area contributed by atoms with Crippen LogP contribution in [0.15, 0.2) is 29.3 Å². The molecule has 0 radical (unpaired) electrons. The van der Waals surface area contributed by atoms with Crippen LogP contribution in [0.3, 0.4) is 0 Å². The molecule has 2 rings (SSSR count). The van der Waals surface area contributed by atoms with Gasteiger partial charge in [-0.2, -0.15) is 0 Å². The molecule has 1 saturated heterocycles. The maximum absolute atomic E-state index is 12.8. The molecule has 0 atom stereocenters. The van der Waals surface area contributed by atoms with Gasteiger partial charge in [-0.25, -0.2) is 4.39 Å². The zero-order valence-corrected chi connectivity index (χ0v) is 16.4. The fourth-order valence-electron chi connectivity index (χ4n) is 2.81. The molecule has 0 spiro atoms. The van der Waals surface area contributed by atoms with Crippen molar-refractivity contribution in [3.05, 3.63) is 30.1 Å². The van der Waals surface area contributed by atoms with E-state index in [-0.39, 0.29) is 5.82 Å². The number of nitrogens with zero attached hydrogens (tertiary/aromatic N) is 2. The first-order chi connectivity index (χ1) is 13.3. The summed E-state index contributed by atoms with van der Waals surface area (Å²) in [7, 11) is 0. The van der Waals surface area contributed by atoms with Crippen molar-refractivity contribution in [1.29, 1.82) is 0 Å². The second-order valence-corrected chi connectivity index (χ2v) is 6.50. The zero-order valence-electron chi connectivity index (χ0n) is 16.4. The molecule has 152 valence electrons. The normalized spacial score (nSPS) is 15.6. The van der Waals surface area contributed by atoms with E-state index in [0.29, 0.717) is 12.4 Å². The third kappa shape index (κ3) is 9.58. The van der Waals surface area contributed by atoms with E-state index in [9.17, 15) is 4.39 Å². The van der Waals surface area contributed by atoms with Crippen LogP contribution in [0, 0.1) is 5.82 Å². The Morgan fingerprint density at radius 3 is 2.67 bits per heavy atom. The van der Waals surface area contributed by atoms with Crippen LogP contribution in [0.1, 0.15) is 26.2 Å². The van der Waals surface area contributed by atoms with Crippen molar-refractivity contribution in [2.75, 3.05) is 59.1 Å². The molecule has 27 heavy (non-hydrogen) atoms. The highest BCUT2D eigenvalue weighted by molar-refractivity contribution is 5.79. The molecule has 0 amide bonds. The Labute approximate surface area is 162 Å². The predicted octanol–water partition coefficient (Wildman–Crippen LogP) is 2.26. The minimum absolute atomic E-state index is 0.244. The molecule has 1 aliphatic heterocycles. The Morgan fingerprint density at radius 1 is 1.15 bits per heavy atom. The molecule has 1 aromatic carbocycles. The zero-order chi connectivity index (χ0) is 19.2. The second kappa shape index (κ2) is 13.3. The maximum Gasteiger partial charge on any atom is 0.191 e. The lowest BCUT2D eigenvalue weighted by Gasteiger charge is -2.26. The van der Waals surface area contributed by atoms with E-state index in [1.165, 1.54) is 12.1 Å². The van der Waals surface area contributed by atoms with Crippen LogP contribution in [0.5, 0.6) is 5.75 Å². The van der Waals surface area contributed by atoms with Gasteiger partial charge in [-0.3, -0.25) is 9.89 Å². The van der Waals surface area contributed by atoms with E-state index in [4.69, 9.17) is 9.47 Å². The minimum atomic E-state index is -0.244. The van der Waals surface area contributed by atoms with E-state index in [0.717, 1.165) is 77.7 Å². The number of ether oxygens (including phenoxy) is 2. The number of morpholine rings is 1. The number of aliphatic imine (C=N–C) groups is 1. The molecule has 0 saturated carbocycles. The van der Waals surface area contributed by atoms with Gasteiger partial charge < -0.3 is 20.1 Å². The number of halogens is 1. The molecule has 0 aromatic heterocycles. The van der Waals surface area contributed by atoms with Gasteiger partial charge >= 0.3 is 0 Å². The van der Waals surface area contributed by atoms with Crippen LogP contribution in [0.4, 0.5) is 4.39 Å². The van der Waals surface area contributed by atoms with Gasteiger partial charge in [-0.05, 0) is 50.5 Å². The van der Waals surface area contributed by atoms with Gasteiger partial charge in [0.2, 0.25) is 0 Å². The number of hydrogen-bond acceptors (Lipinski definition) is 4. The topological polar surface area (TPSA) is 58.1 Å². The Bertz CT molecular complexity index is 533. The second-order valence-electron chi connectivity index (χ2n) is 6.50. The van der Waals surface area contributed by atoms with Crippen molar-refractivity contribution < 1.29 is 13.9 Å². The summed E-state index contributed by atoms with van der Waals surface area (Å²) in [4.78, 5) is 7.07. The monoisotopic (exact) mass is 380 g/mol. The lowest BCUT2D eigenvalue weighted by atomic mass is 10.3. The van der Waals surface area contributed by atoms with Gasteiger partial charge in [-0.15, -0.1) is 0 Å². The summed E-state index contributed by atoms with van der Waals surface area (Å²) in [6.07, 6.45) is 2.97. The molecule has 1 heterocycles. The number of benzene rings is 1. The van der Waals surface area contributed by atoms with E-state index in [1.54, 1.807) is 12.1 Å². The summed E-state index contributed by atoms with van der Waals surface area (Å²) in [5.74, 6) is 1.34. The van der Waals surface area contributed by atoms with Crippen molar-refractivity contribution in [2.24, 2.45) is 4.99 Å². The van der Waals surface area contributed by atoms with E-state index >= 15 is 0 Å². The smallest absolute Gasteiger partial charge is 0.191 e. The molecule has 7 heteroatoms. The molecule has 6 nitrogen and oxygen atoms in total. The number of unbranched alkanes of at least 4 members (excludes halogenated alkanes) is 1. The van der Waals surface area contributed by atoms with Crippen LogP contribution in [-0.4, -0.2) is 69.9 Å². The summed E-state index contributed by atoms with van der Waals surface area (Å²) in [5.41, 5.74) is 0. The molecule has 1 aliphatic rings. The average molecular weight is 381 g/mol. The minimum Gasteiger partial charge on any atom is -0.494 e. The molecule has 2 N–H and O–H groups in total. The standard InChI is InChI=1S/C20H33FN4O2/c1-2-22-20(24-11-5-12-25-13-16-26-17-14-25)23-10-3-4-15-27-19-8-6-18(21)7-9-19/h6-9H,2-5,10-17H2,1H3,(H2,22,23,24). The predicted molar refractivity (Wildman–Crippen MR) is 107 cm³/mol. The molecule has 0 unspecified atom stereocenters. The van der Waals surface area contributed by atoms with Crippen LogP contribution in [-0.2, 0) is 4.74 Å². The van der Waals surface area contributed by atoms with Gasteiger partial charge in [-0.1, -0.05) is 0 Å². The first-order valence-corrected chi connectivity index (χ1v) is 9.98. The molecule has 0 aliphatic carbocycles. The molecule has 1 fully saturated rings. The fraction of sp³-hybridized carbons (Fsp3) is 0.650. The maximum atomic E-state index is 12.8. The highest BCUT2D eigenvalue weighted by Crippen LogP contribution is 2.11. The van der Waals surface area contributed by atoms with Crippen molar-refractivity contribution in [2.45, 2.75) is 26.2 Å². The van der Waals surface area contributed by atoms with Crippen molar-refractivity contribution >= 4 is 5.96 Å². The Hall–Kier alpha value is -1.86. The summed E-state index contributed by atoms with van der Waals surface area (Å²) in [5, 5.41) is 6.65. The van der Waals surface area contributed by atoms with E-state index in [2.05, 4.69) is 27.4 Å². The molecule has 1 aromatic rings. The van der Waals surface area contributed by atoms with Crippen molar-refractivity contribution in [3.63, 3.8) is 0 Å². The molecule has 0 bridgehead atoms. The Kier molecular flexibility index (Phi) is 10.6. The van der Waals surface area contributed by atoms with Gasteiger partial charge in [0.15, 0.2) is 5.96 Å². The lowest BCUT2D eigenvalue weighted by Crippen LogP contribution is -2.38. The first-order valence-electron chi connectivity index (χ1n) is 9.98. The number of rotatable bonds is 11. The third-order valence-corrected chi connectivity index (χ3v) is 4.30.